The largest absolute Gasteiger partial charge is 0.504 e. The Kier molecular flexibility index (Phi) is 5.07. The van der Waals surface area contributed by atoms with Gasteiger partial charge in [0.05, 0.1) is 24.7 Å². The molecule has 6 rings (SSSR count). The van der Waals surface area contributed by atoms with Crippen LogP contribution in [0.2, 0.25) is 0 Å². The molecule has 0 radical (unpaired) electrons. The van der Waals surface area contributed by atoms with Crippen molar-refractivity contribution in [2.45, 2.75) is 62.6 Å². The van der Waals surface area contributed by atoms with Crippen molar-refractivity contribution in [1.82, 2.24) is 15.1 Å². The number of ether oxygens (including phenoxy) is 2. The van der Waals surface area contributed by atoms with Gasteiger partial charge in [0.2, 0.25) is 0 Å². The van der Waals surface area contributed by atoms with Crippen LogP contribution in [0.15, 0.2) is 12.1 Å². The Hall–Kier alpha value is -2.32. The van der Waals surface area contributed by atoms with Gasteiger partial charge in [-0.1, -0.05) is 13.0 Å². The van der Waals surface area contributed by atoms with Crippen LogP contribution in [-0.2, 0) is 16.0 Å². The van der Waals surface area contributed by atoms with Crippen LogP contribution >= 0.6 is 0 Å². The lowest BCUT2D eigenvalue weighted by molar-refractivity contribution is -0.131. The predicted molar refractivity (Wildman–Crippen MR) is 121 cm³/mol. The smallest absolute Gasteiger partial charge is 0.318 e. The van der Waals surface area contributed by atoms with E-state index in [0.717, 1.165) is 36.6 Å². The fourth-order valence-corrected chi connectivity index (χ4v) is 6.62. The predicted octanol–water partition coefficient (Wildman–Crippen LogP) is 2.04. The van der Waals surface area contributed by atoms with Gasteiger partial charge in [-0.05, 0) is 49.8 Å². The molecule has 2 saturated carbocycles. The second-order valence-corrected chi connectivity index (χ2v) is 10.3. The minimum absolute atomic E-state index is 0.0590. The fourth-order valence-electron chi connectivity index (χ4n) is 6.62. The molecule has 1 aromatic rings. The number of phenols is 1. The normalized spacial score (nSPS) is 32.5. The van der Waals surface area contributed by atoms with Gasteiger partial charge in [-0.2, -0.15) is 0 Å². The molecule has 2 heterocycles. The zero-order chi connectivity index (χ0) is 22.7. The number of phenolic OH excluding ortho intramolecular Hbond substituents is 1. The topological polar surface area (TPSA) is 91.3 Å². The number of hydrogen-bond donors (Lipinski definition) is 2. The Morgan fingerprint density at radius 2 is 2.09 bits per heavy atom. The van der Waals surface area contributed by atoms with Crippen molar-refractivity contribution in [3.63, 3.8) is 0 Å². The number of Topliss-reactive ketones (excluding diaryl/α,β-unsaturated/α-hetero) is 1. The number of hydrogen-bond acceptors (Lipinski definition) is 6. The molecule has 33 heavy (non-hydrogen) atoms. The molecule has 8 nitrogen and oxygen atoms in total. The second kappa shape index (κ2) is 7.87. The molecule has 4 atom stereocenters. The van der Waals surface area contributed by atoms with Crippen LogP contribution in [0.25, 0.3) is 0 Å². The average molecular weight is 456 g/mol. The summed E-state index contributed by atoms with van der Waals surface area (Å²) >= 11 is 0. The van der Waals surface area contributed by atoms with E-state index in [4.69, 9.17) is 9.47 Å². The maximum Gasteiger partial charge on any atom is 0.318 e. The fraction of sp³-hybridized carbons (Fsp3) is 0.680. The third-order valence-corrected chi connectivity index (χ3v) is 8.46. The van der Waals surface area contributed by atoms with Crippen molar-refractivity contribution in [3.05, 3.63) is 23.3 Å². The van der Waals surface area contributed by atoms with Gasteiger partial charge in [-0.15, -0.1) is 0 Å². The highest BCUT2D eigenvalue weighted by Gasteiger charge is 2.63. The molecule has 0 spiro atoms. The zero-order valence-electron chi connectivity index (χ0n) is 19.2. The van der Waals surface area contributed by atoms with E-state index in [9.17, 15) is 14.7 Å². The van der Waals surface area contributed by atoms with E-state index >= 15 is 0 Å². The van der Waals surface area contributed by atoms with Crippen molar-refractivity contribution in [3.8, 4) is 11.5 Å². The second-order valence-electron chi connectivity index (χ2n) is 10.3. The number of urea groups is 1. The number of benzene rings is 1. The maximum atomic E-state index is 13.6. The van der Waals surface area contributed by atoms with Gasteiger partial charge in [0.25, 0.3) is 0 Å². The van der Waals surface area contributed by atoms with Gasteiger partial charge in [0.15, 0.2) is 23.4 Å². The lowest BCUT2D eigenvalue weighted by atomic mass is 9.59. The Labute approximate surface area is 194 Å². The van der Waals surface area contributed by atoms with Gasteiger partial charge < -0.3 is 24.8 Å². The van der Waals surface area contributed by atoms with E-state index in [1.54, 1.807) is 6.07 Å². The molecule has 0 bridgehead atoms. The molecule has 3 fully saturated rings. The van der Waals surface area contributed by atoms with Crippen molar-refractivity contribution in [2.75, 3.05) is 39.4 Å². The summed E-state index contributed by atoms with van der Waals surface area (Å²) in [4.78, 5) is 30.9. The number of carbonyl (C=O) groups excluding carboxylic acids is 2. The molecule has 3 aliphatic carbocycles. The van der Waals surface area contributed by atoms with E-state index in [1.807, 2.05) is 11.0 Å². The lowest BCUT2D eigenvalue weighted by Crippen LogP contribution is -2.72. The number of nitrogens with zero attached hydrogens (tertiary/aromatic N) is 2. The molecule has 2 aliphatic heterocycles. The molecule has 1 aromatic carbocycles. The summed E-state index contributed by atoms with van der Waals surface area (Å²) in [6.45, 7) is 6.32. The highest BCUT2D eigenvalue weighted by Crippen LogP contribution is 2.58. The van der Waals surface area contributed by atoms with Crippen molar-refractivity contribution in [2.24, 2.45) is 5.92 Å². The summed E-state index contributed by atoms with van der Waals surface area (Å²) in [7, 11) is 0. The van der Waals surface area contributed by atoms with Crippen molar-refractivity contribution < 1.29 is 24.2 Å². The van der Waals surface area contributed by atoms with E-state index in [2.05, 4.69) is 17.1 Å². The highest BCUT2D eigenvalue weighted by molar-refractivity contribution is 5.89. The number of morpholine rings is 1. The number of ketones is 1. The van der Waals surface area contributed by atoms with Crippen LogP contribution in [0.1, 0.15) is 49.7 Å². The minimum Gasteiger partial charge on any atom is -0.504 e. The summed E-state index contributed by atoms with van der Waals surface area (Å²) in [5.41, 5.74) is 1.43. The molecule has 8 heteroatoms. The Morgan fingerprint density at radius 1 is 1.30 bits per heavy atom. The summed E-state index contributed by atoms with van der Waals surface area (Å²) in [5.74, 6) is 1.01. The first kappa shape index (κ1) is 21.2. The number of amides is 2. The third-order valence-electron chi connectivity index (χ3n) is 8.46. The zero-order valence-corrected chi connectivity index (χ0v) is 19.2. The van der Waals surface area contributed by atoms with Crippen LogP contribution < -0.4 is 10.1 Å². The Bertz CT molecular complexity index is 973. The van der Waals surface area contributed by atoms with Crippen LogP contribution in [0.5, 0.6) is 11.5 Å². The molecule has 5 aliphatic rings. The first-order valence-electron chi connectivity index (χ1n) is 12.4. The quantitative estimate of drug-likeness (QED) is 0.706. The minimum atomic E-state index is -0.659. The summed E-state index contributed by atoms with van der Waals surface area (Å²) < 4.78 is 11.6. The maximum absolute atomic E-state index is 13.6. The number of nitrogens with one attached hydrogen (secondary N) is 1. The van der Waals surface area contributed by atoms with Crippen LogP contribution in [-0.4, -0.2) is 83.8 Å². The Balaban J connectivity index is 1.45. The summed E-state index contributed by atoms with van der Waals surface area (Å²) in [6.07, 6.45) is 3.59. The molecular formula is C25H33N3O5. The first-order chi connectivity index (χ1) is 16.0. The monoisotopic (exact) mass is 455 g/mol. The van der Waals surface area contributed by atoms with Gasteiger partial charge in [-0.25, -0.2) is 4.79 Å². The van der Waals surface area contributed by atoms with Gasteiger partial charge in [0, 0.05) is 37.7 Å². The third kappa shape index (κ3) is 3.33. The lowest BCUT2D eigenvalue weighted by Gasteiger charge is -2.55. The standard InChI is InChI=1S/C25H33N3O5/c1-2-27(14-15-3-4-15)19-13-16-5-6-17(29)22-20(16)21-23(33-22)18(30)7-8-25(19,21)26-24(31)28-9-11-32-12-10-28/h5-6,15,19,21,23,29H,2-4,7-14H2,1H3,(H,26,31)/t19-,21?,23?,25?/m1/s1. The SMILES string of the molecule is CCN(CC1CC1)[C@@H]1Cc2ccc(O)c3c2C2C(O3)C(=O)CCC21NC(=O)N1CCOCC1. The highest BCUT2D eigenvalue weighted by atomic mass is 16.5. The van der Waals surface area contributed by atoms with Crippen molar-refractivity contribution >= 4 is 11.8 Å². The van der Waals surface area contributed by atoms with Crippen LogP contribution in [0.4, 0.5) is 4.79 Å². The molecule has 1 saturated heterocycles. The number of carbonyl (C=O) groups is 2. The van der Waals surface area contributed by atoms with Crippen LogP contribution in [0, 0.1) is 5.92 Å². The van der Waals surface area contributed by atoms with E-state index < -0.39 is 11.6 Å². The number of aromatic hydroxyl groups is 1. The van der Waals surface area contributed by atoms with Crippen molar-refractivity contribution in [1.29, 1.82) is 0 Å². The molecule has 3 unspecified atom stereocenters. The Morgan fingerprint density at radius 3 is 2.82 bits per heavy atom. The number of likely N-dealkylation sites (N-methyl/N-ethyl adjacent to an activating group) is 1. The summed E-state index contributed by atoms with van der Waals surface area (Å²) in [5, 5.41) is 14.0. The molecule has 2 N–H and O–H groups in total. The molecule has 0 aromatic heterocycles. The summed E-state index contributed by atoms with van der Waals surface area (Å²) in [6, 6.07) is 3.64. The molecule has 2 amide bonds. The van der Waals surface area contributed by atoms with Gasteiger partial charge in [-0.3, -0.25) is 9.69 Å². The molecule has 178 valence electrons. The van der Waals surface area contributed by atoms with Gasteiger partial charge >= 0.3 is 6.03 Å². The first-order valence-corrected chi connectivity index (χ1v) is 12.4. The van der Waals surface area contributed by atoms with Gasteiger partial charge in [0.1, 0.15) is 0 Å². The van der Waals surface area contributed by atoms with E-state index in [-0.39, 0.29) is 29.5 Å². The number of rotatable bonds is 5. The average Bonchev–Trinajstić information content (AvgIpc) is 3.55. The van der Waals surface area contributed by atoms with E-state index in [0.29, 0.717) is 44.9 Å². The van der Waals surface area contributed by atoms with E-state index in [1.165, 1.54) is 12.8 Å². The molecular weight excluding hydrogens is 422 g/mol. The van der Waals surface area contributed by atoms with Crippen LogP contribution in [0.3, 0.4) is 0 Å².